The lowest BCUT2D eigenvalue weighted by Crippen LogP contribution is -2.52. The van der Waals surface area contributed by atoms with Gasteiger partial charge in [-0.05, 0) is 43.1 Å². The third kappa shape index (κ3) is 9.08. The van der Waals surface area contributed by atoms with Crippen LogP contribution in [-0.2, 0) is 9.59 Å². The fourth-order valence-corrected chi connectivity index (χ4v) is 5.83. The van der Waals surface area contributed by atoms with Crippen LogP contribution in [-0.4, -0.2) is 50.2 Å². The summed E-state index contributed by atoms with van der Waals surface area (Å²) < 4.78 is 0. The molecule has 0 saturated heterocycles. The van der Waals surface area contributed by atoms with Gasteiger partial charge in [0.05, 0.1) is 17.8 Å². The van der Waals surface area contributed by atoms with Crippen molar-refractivity contribution in [3.05, 3.63) is 22.3 Å². The molecule has 2 amide bonds. The van der Waals surface area contributed by atoms with Gasteiger partial charge in [-0.25, -0.2) is 0 Å². The fraction of sp³-hybridized carbons (Fsp3) is 0.760. The number of hydrogen-bond acceptors (Lipinski definition) is 6. The number of rotatable bonds is 9. The Labute approximate surface area is 216 Å². The van der Waals surface area contributed by atoms with Crippen molar-refractivity contribution in [2.24, 2.45) is 17.0 Å². The summed E-state index contributed by atoms with van der Waals surface area (Å²) >= 11 is 0. The summed E-state index contributed by atoms with van der Waals surface area (Å²) in [5, 5.41) is 11.3. The van der Waals surface area contributed by atoms with E-state index in [9.17, 15) is 9.59 Å². The van der Waals surface area contributed by atoms with E-state index < -0.39 is 8.07 Å². The molecule has 2 aliphatic carbocycles. The van der Waals surface area contributed by atoms with Crippen LogP contribution in [0.5, 0.6) is 0 Å². The highest BCUT2D eigenvalue weighted by Gasteiger charge is 2.32. The number of carbonyl (C=O) groups is 2. The first-order valence-electron chi connectivity index (χ1n) is 13.4. The van der Waals surface area contributed by atoms with Gasteiger partial charge >= 0.3 is 0 Å². The van der Waals surface area contributed by atoms with E-state index >= 15 is 0 Å². The van der Waals surface area contributed by atoms with Gasteiger partial charge in [0.2, 0.25) is 11.8 Å². The van der Waals surface area contributed by atoms with Crippen molar-refractivity contribution in [2.45, 2.75) is 95.9 Å². The van der Waals surface area contributed by atoms with Gasteiger partial charge in [-0.3, -0.25) is 9.59 Å². The van der Waals surface area contributed by atoms with Crippen molar-refractivity contribution < 1.29 is 9.59 Å². The Morgan fingerprint density at radius 2 is 1.72 bits per heavy atom. The number of carbonyl (C=O) groups excluding carboxylic acids is 2. The molecule has 2 saturated carbocycles. The molecule has 0 radical (unpaired) electrons. The van der Waals surface area contributed by atoms with Crippen molar-refractivity contribution >= 4 is 19.9 Å². The highest BCUT2D eigenvalue weighted by Crippen LogP contribution is 2.30. The molecule has 0 aromatic rings. The molecule has 36 heavy (non-hydrogen) atoms. The largest absolute Gasteiger partial charge is 0.347 e. The lowest BCUT2D eigenvalue weighted by atomic mass is 9.82. The average Bonchev–Trinajstić information content (AvgIpc) is 3.32. The second-order valence-corrected chi connectivity index (χ2v) is 16.0. The summed E-state index contributed by atoms with van der Waals surface area (Å²) in [6.45, 7) is 6.55. The summed E-state index contributed by atoms with van der Waals surface area (Å²) in [7, 11) is -1.55. The minimum atomic E-state index is -1.55. The Morgan fingerprint density at radius 1 is 1.08 bits per heavy atom. The second-order valence-electron chi connectivity index (χ2n) is 11.2. The predicted octanol–water partition coefficient (Wildman–Crippen LogP) is 3.47. The monoisotopic (exact) mass is 514 g/mol. The molecule has 0 aromatic carbocycles. The van der Waals surface area contributed by atoms with Crippen molar-refractivity contribution in [1.29, 1.82) is 0 Å². The summed E-state index contributed by atoms with van der Waals surface area (Å²) in [6.07, 6.45) is 13.2. The van der Waals surface area contributed by atoms with Gasteiger partial charge in [0.15, 0.2) is 0 Å². The standard InChI is InChI=1S/C25H42N8O2Si/c1-36(2,3)15-14-21(19-10-6-4-7-11-19)29-24(35)18-33-28-16-22(31-33)25(20-12-8-5-9-13-20)30-23(34)17-27-32-26/h16,19-21,25,28,31H,4-13,17-18H2,1-3H3,(H,29,35)(H,30,34). The molecule has 0 spiro atoms. The zero-order chi connectivity index (χ0) is 26.0. The average molecular weight is 515 g/mol. The Kier molecular flexibility index (Phi) is 10.5. The van der Waals surface area contributed by atoms with Gasteiger partial charge in [0.1, 0.15) is 21.2 Å². The third-order valence-electron chi connectivity index (χ3n) is 7.03. The molecule has 1 aliphatic heterocycles. The smallest absolute Gasteiger partial charge is 0.239 e. The van der Waals surface area contributed by atoms with Crippen molar-refractivity contribution in [1.82, 2.24) is 26.6 Å². The molecule has 0 bridgehead atoms. The van der Waals surface area contributed by atoms with E-state index in [1.54, 1.807) is 5.12 Å². The molecule has 3 aliphatic rings. The summed E-state index contributed by atoms with van der Waals surface area (Å²) in [5.74, 6) is 3.71. The normalized spacial score (nSPS) is 20.9. The molecule has 3 rings (SSSR count). The maximum Gasteiger partial charge on any atom is 0.239 e. The first-order chi connectivity index (χ1) is 17.2. The SMILES string of the molecule is C[Si](C)(C)C#CC(NC(=O)CN1NC=C(C(NC(=O)CN=[N+]=[N-])C2CCCCC2)N1)C1CCCCC1. The van der Waals surface area contributed by atoms with E-state index in [1.165, 1.54) is 25.7 Å². The number of nitrogens with one attached hydrogen (secondary N) is 4. The van der Waals surface area contributed by atoms with Gasteiger partial charge in [-0.1, -0.05) is 69.2 Å². The van der Waals surface area contributed by atoms with Crippen LogP contribution in [0.1, 0.15) is 64.2 Å². The summed E-state index contributed by atoms with van der Waals surface area (Å²) in [4.78, 5) is 28.0. The van der Waals surface area contributed by atoms with Crippen LogP contribution >= 0.6 is 0 Å². The van der Waals surface area contributed by atoms with Crippen molar-refractivity contribution in [2.75, 3.05) is 13.1 Å². The van der Waals surface area contributed by atoms with Crippen LogP contribution in [0.4, 0.5) is 0 Å². The lowest BCUT2D eigenvalue weighted by molar-refractivity contribution is -0.124. The Balaban J connectivity index is 1.60. The fourth-order valence-electron chi connectivity index (χ4n) is 5.24. The molecular formula is C25H42N8O2Si. The molecule has 2 atom stereocenters. The molecule has 11 heteroatoms. The van der Waals surface area contributed by atoms with Crippen LogP contribution < -0.4 is 21.5 Å². The first-order valence-corrected chi connectivity index (χ1v) is 16.9. The molecular weight excluding hydrogens is 472 g/mol. The minimum absolute atomic E-state index is 0.0910. The van der Waals surface area contributed by atoms with Gasteiger partial charge < -0.3 is 21.5 Å². The van der Waals surface area contributed by atoms with Crippen LogP contribution in [0.25, 0.3) is 10.4 Å². The summed E-state index contributed by atoms with van der Waals surface area (Å²) in [5.41, 5.74) is 19.2. The topological polar surface area (TPSA) is 134 Å². The van der Waals surface area contributed by atoms with Gasteiger partial charge in [0.25, 0.3) is 0 Å². The molecule has 10 nitrogen and oxygen atoms in total. The maximum absolute atomic E-state index is 13.0. The van der Waals surface area contributed by atoms with E-state index in [0.717, 1.165) is 44.2 Å². The van der Waals surface area contributed by atoms with E-state index in [-0.39, 0.29) is 42.9 Å². The maximum atomic E-state index is 13.0. The molecule has 1 heterocycles. The number of hydrazine groups is 2. The predicted molar refractivity (Wildman–Crippen MR) is 143 cm³/mol. The molecule has 2 fully saturated rings. The highest BCUT2D eigenvalue weighted by molar-refractivity contribution is 6.83. The quantitative estimate of drug-likeness (QED) is 0.123. The van der Waals surface area contributed by atoms with Crippen molar-refractivity contribution in [3.63, 3.8) is 0 Å². The number of nitrogens with zero attached hydrogens (tertiary/aromatic N) is 4. The minimum Gasteiger partial charge on any atom is -0.347 e. The van der Waals surface area contributed by atoms with Gasteiger partial charge in [-0.2, -0.15) is 0 Å². The molecule has 198 valence electrons. The van der Waals surface area contributed by atoms with E-state index in [2.05, 4.69) is 62.6 Å². The number of amides is 2. The van der Waals surface area contributed by atoms with Crippen LogP contribution in [0.3, 0.4) is 0 Å². The lowest BCUT2D eigenvalue weighted by Gasteiger charge is -2.32. The van der Waals surface area contributed by atoms with E-state index in [1.807, 2.05) is 6.20 Å². The molecule has 2 unspecified atom stereocenters. The Bertz CT molecular complexity index is 903. The van der Waals surface area contributed by atoms with E-state index in [4.69, 9.17) is 5.53 Å². The first kappa shape index (κ1) is 27.9. The Morgan fingerprint density at radius 3 is 2.33 bits per heavy atom. The van der Waals surface area contributed by atoms with Gasteiger partial charge in [-0.15, -0.1) is 10.7 Å². The third-order valence-corrected chi connectivity index (χ3v) is 7.93. The Hall–Kier alpha value is -2.67. The second kappa shape index (κ2) is 13.6. The zero-order valence-electron chi connectivity index (χ0n) is 22.0. The van der Waals surface area contributed by atoms with E-state index in [0.29, 0.717) is 5.92 Å². The van der Waals surface area contributed by atoms with Crippen LogP contribution in [0.2, 0.25) is 19.6 Å². The van der Waals surface area contributed by atoms with Crippen LogP contribution in [0, 0.1) is 23.3 Å². The number of azide groups is 1. The van der Waals surface area contributed by atoms with Crippen molar-refractivity contribution in [3.8, 4) is 11.5 Å². The molecule has 4 N–H and O–H groups in total. The number of hydrogen-bond donors (Lipinski definition) is 4. The molecule has 0 aromatic heterocycles. The highest BCUT2D eigenvalue weighted by atomic mass is 28.3. The van der Waals surface area contributed by atoms with Crippen LogP contribution in [0.15, 0.2) is 17.0 Å². The summed E-state index contributed by atoms with van der Waals surface area (Å²) in [6, 6.07) is -0.348. The van der Waals surface area contributed by atoms with Gasteiger partial charge in [0, 0.05) is 11.1 Å². The zero-order valence-corrected chi connectivity index (χ0v) is 23.0.